The van der Waals surface area contributed by atoms with E-state index in [0.29, 0.717) is 0 Å². The van der Waals surface area contributed by atoms with E-state index in [9.17, 15) is 0 Å². The summed E-state index contributed by atoms with van der Waals surface area (Å²) in [6.45, 7) is 13.3. The predicted octanol–water partition coefficient (Wildman–Crippen LogP) is 9.04. The van der Waals surface area contributed by atoms with E-state index in [1.165, 1.54) is 132 Å². The minimum Gasteiger partial charge on any atom is -0.313 e. The van der Waals surface area contributed by atoms with Crippen LogP contribution in [0.25, 0.3) is 0 Å². The molecule has 0 fully saturated rings. The molecular weight excluding hydrogens is 438 g/mol. The van der Waals surface area contributed by atoms with Gasteiger partial charge in [0.1, 0.15) is 0 Å². The predicted molar refractivity (Wildman–Crippen MR) is 162 cm³/mol. The van der Waals surface area contributed by atoms with Crippen LogP contribution in [0.3, 0.4) is 0 Å². The minimum atomic E-state index is 0.991. The summed E-state index contributed by atoms with van der Waals surface area (Å²) in [5, 5.41) is 11.1. The summed E-state index contributed by atoms with van der Waals surface area (Å²) in [6.07, 6.45) is 24.6. The highest BCUT2D eigenvalue weighted by Crippen LogP contribution is 2.12. The van der Waals surface area contributed by atoms with E-state index in [0.717, 1.165) is 39.3 Å². The molecule has 1 aromatic rings. The normalized spacial score (nSPS) is 11.4. The van der Waals surface area contributed by atoms with Crippen LogP contribution >= 0.6 is 0 Å². The van der Waals surface area contributed by atoms with E-state index in [1.807, 2.05) is 0 Å². The summed E-state index contributed by atoms with van der Waals surface area (Å²) < 4.78 is 0. The molecule has 0 saturated carbocycles. The van der Waals surface area contributed by atoms with Crippen molar-refractivity contribution in [3.05, 3.63) is 34.9 Å². The van der Waals surface area contributed by atoms with Gasteiger partial charge in [-0.3, -0.25) is 0 Å². The SMILES string of the molecule is CCCCCCCCNCc1cc(CNCCCCCCCC)cc(CNCCCCCCCC)c1. The van der Waals surface area contributed by atoms with Crippen LogP contribution in [-0.2, 0) is 19.6 Å². The molecule has 1 rings (SSSR count). The first-order chi connectivity index (χ1) is 17.8. The summed E-state index contributed by atoms with van der Waals surface area (Å²) >= 11 is 0. The van der Waals surface area contributed by atoms with E-state index in [1.54, 1.807) is 0 Å². The Balaban J connectivity index is 2.40. The second-order valence-corrected chi connectivity index (χ2v) is 11.0. The number of unbranched alkanes of at least 4 members (excludes halogenated alkanes) is 15. The average molecular weight is 502 g/mol. The van der Waals surface area contributed by atoms with Crippen LogP contribution in [-0.4, -0.2) is 19.6 Å². The second-order valence-electron chi connectivity index (χ2n) is 11.0. The molecule has 0 heterocycles. The van der Waals surface area contributed by atoms with Gasteiger partial charge < -0.3 is 16.0 Å². The van der Waals surface area contributed by atoms with Crippen molar-refractivity contribution in [3.8, 4) is 0 Å². The molecule has 0 aromatic heterocycles. The first kappa shape index (κ1) is 33.1. The van der Waals surface area contributed by atoms with E-state index >= 15 is 0 Å². The molecule has 0 unspecified atom stereocenters. The molecule has 3 heteroatoms. The topological polar surface area (TPSA) is 36.1 Å². The van der Waals surface area contributed by atoms with Crippen molar-refractivity contribution in [3.63, 3.8) is 0 Å². The third-order valence-electron chi connectivity index (χ3n) is 7.22. The zero-order valence-electron chi connectivity index (χ0n) is 24.7. The molecular formula is C33H63N3. The molecule has 1 aromatic carbocycles. The highest BCUT2D eigenvalue weighted by molar-refractivity contribution is 5.30. The lowest BCUT2D eigenvalue weighted by Crippen LogP contribution is -2.19. The van der Waals surface area contributed by atoms with Gasteiger partial charge in [0.2, 0.25) is 0 Å². The molecule has 0 aliphatic heterocycles. The third kappa shape index (κ3) is 20.2. The zero-order chi connectivity index (χ0) is 25.9. The maximum atomic E-state index is 3.71. The van der Waals surface area contributed by atoms with Crippen LogP contribution in [0.2, 0.25) is 0 Å². The fourth-order valence-electron chi connectivity index (χ4n) is 4.93. The van der Waals surface area contributed by atoms with Crippen molar-refractivity contribution in [1.29, 1.82) is 0 Å². The lowest BCUT2D eigenvalue weighted by molar-refractivity contribution is 0.566. The van der Waals surface area contributed by atoms with Crippen molar-refractivity contribution in [1.82, 2.24) is 16.0 Å². The maximum Gasteiger partial charge on any atom is 0.0205 e. The van der Waals surface area contributed by atoms with Crippen molar-refractivity contribution >= 4 is 0 Å². The molecule has 0 saturated heterocycles. The van der Waals surface area contributed by atoms with Gasteiger partial charge in [-0.15, -0.1) is 0 Å². The Labute approximate surface area is 226 Å². The van der Waals surface area contributed by atoms with Crippen LogP contribution in [0.5, 0.6) is 0 Å². The van der Waals surface area contributed by atoms with E-state index in [-0.39, 0.29) is 0 Å². The first-order valence-electron chi connectivity index (χ1n) is 16.0. The van der Waals surface area contributed by atoms with Crippen molar-refractivity contribution in [2.45, 2.75) is 156 Å². The molecule has 3 N–H and O–H groups in total. The molecule has 0 radical (unpaired) electrons. The minimum absolute atomic E-state index is 0.991. The Hall–Kier alpha value is -0.900. The van der Waals surface area contributed by atoms with E-state index in [4.69, 9.17) is 0 Å². The lowest BCUT2D eigenvalue weighted by atomic mass is 10.0. The molecule has 0 amide bonds. The second kappa shape index (κ2) is 25.7. The van der Waals surface area contributed by atoms with E-state index < -0.39 is 0 Å². The Bertz CT molecular complexity index is 493. The Morgan fingerprint density at radius 1 is 0.361 bits per heavy atom. The fraction of sp³-hybridized carbons (Fsp3) is 0.818. The highest BCUT2D eigenvalue weighted by atomic mass is 14.9. The van der Waals surface area contributed by atoms with Gasteiger partial charge in [0.15, 0.2) is 0 Å². The van der Waals surface area contributed by atoms with Gasteiger partial charge in [0.25, 0.3) is 0 Å². The summed E-state index contributed by atoms with van der Waals surface area (Å²) in [5.74, 6) is 0. The molecule has 0 aliphatic rings. The molecule has 36 heavy (non-hydrogen) atoms. The zero-order valence-corrected chi connectivity index (χ0v) is 24.7. The van der Waals surface area contributed by atoms with Crippen LogP contribution in [0.15, 0.2) is 18.2 Å². The summed E-state index contributed by atoms with van der Waals surface area (Å²) in [5.41, 5.74) is 4.32. The van der Waals surface area contributed by atoms with Crippen molar-refractivity contribution < 1.29 is 0 Å². The van der Waals surface area contributed by atoms with Gasteiger partial charge in [-0.1, -0.05) is 135 Å². The molecule has 0 aliphatic carbocycles. The number of nitrogens with one attached hydrogen (secondary N) is 3. The Kier molecular flexibility index (Phi) is 23.7. The largest absolute Gasteiger partial charge is 0.313 e. The monoisotopic (exact) mass is 502 g/mol. The van der Waals surface area contributed by atoms with Gasteiger partial charge in [-0.25, -0.2) is 0 Å². The van der Waals surface area contributed by atoms with Crippen LogP contribution in [0, 0.1) is 0 Å². The van der Waals surface area contributed by atoms with Crippen LogP contribution in [0.4, 0.5) is 0 Å². The third-order valence-corrected chi connectivity index (χ3v) is 7.22. The van der Waals surface area contributed by atoms with Crippen LogP contribution < -0.4 is 16.0 Å². The van der Waals surface area contributed by atoms with Gasteiger partial charge in [-0.05, 0) is 55.6 Å². The number of hydrogen-bond donors (Lipinski definition) is 3. The number of rotatable bonds is 27. The van der Waals surface area contributed by atoms with Gasteiger partial charge in [-0.2, -0.15) is 0 Å². The first-order valence-corrected chi connectivity index (χ1v) is 16.0. The summed E-state index contributed by atoms with van der Waals surface area (Å²) in [7, 11) is 0. The molecule has 0 bridgehead atoms. The fourth-order valence-corrected chi connectivity index (χ4v) is 4.93. The quantitative estimate of drug-likeness (QED) is 0.105. The Morgan fingerprint density at radius 2 is 0.611 bits per heavy atom. The number of benzene rings is 1. The van der Waals surface area contributed by atoms with Gasteiger partial charge in [0.05, 0.1) is 0 Å². The van der Waals surface area contributed by atoms with Gasteiger partial charge in [0, 0.05) is 19.6 Å². The van der Waals surface area contributed by atoms with E-state index in [2.05, 4.69) is 54.9 Å². The number of hydrogen-bond acceptors (Lipinski definition) is 3. The maximum absolute atomic E-state index is 3.71. The smallest absolute Gasteiger partial charge is 0.0205 e. The standard InChI is InChI=1S/C33H63N3/c1-4-7-10-13-16-19-22-34-28-31-25-32(29-35-23-20-17-14-11-8-5-2)27-33(26-31)30-36-24-21-18-15-12-9-6-3/h25-27,34-36H,4-24,28-30H2,1-3H3. The highest BCUT2D eigenvalue weighted by Gasteiger charge is 2.03. The molecule has 0 spiro atoms. The van der Waals surface area contributed by atoms with Crippen molar-refractivity contribution in [2.75, 3.05) is 19.6 Å². The average Bonchev–Trinajstić information content (AvgIpc) is 2.89. The van der Waals surface area contributed by atoms with Gasteiger partial charge >= 0.3 is 0 Å². The lowest BCUT2D eigenvalue weighted by Gasteiger charge is -2.13. The Morgan fingerprint density at radius 3 is 0.889 bits per heavy atom. The summed E-state index contributed by atoms with van der Waals surface area (Å²) in [6, 6.07) is 7.25. The molecule has 0 atom stereocenters. The summed E-state index contributed by atoms with van der Waals surface area (Å²) in [4.78, 5) is 0. The van der Waals surface area contributed by atoms with Crippen molar-refractivity contribution in [2.24, 2.45) is 0 Å². The molecule has 210 valence electrons. The van der Waals surface area contributed by atoms with Crippen LogP contribution in [0.1, 0.15) is 153 Å². The molecule has 3 nitrogen and oxygen atoms in total.